The van der Waals surface area contributed by atoms with Crippen molar-refractivity contribution < 1.29 is 28.5 Å². The van der Waals surface area contributed by atoms with Crippen LogP contribution in [0.5, 0.6) is 11.5 Å². The van der Waals surface area contributed by atoms with Crippen LogP contribution in [-0.4, -0.2) is 54.4 Å². The van der Waals surface area contributed by atoms with Gasteiger partial charge in [-0.2, -0.15) is 0 Å². The Bertz CT molecular complexity index is 1060. The molecule has 2 unspecified atom stereocenters. The SMILES string of the molecule is CCOC(=O)N(Cc1ccccc1)C1CC(C)N(C(=O)OCC(Cl)(Cl)Cl)c2cc(OC)c(OC)cc21. The molecule has 0 aliphatic carbocycles. The van der Waals surface area contributed by atoms with Gasteiger partial charge in [-0.1, -0.05) is 65.1 Å². The van der Waals surface area contributed by atoms with Gasteiger partial charge in [0.1, 0.15) is 6.61 Å². The van der Waals surface area contributed by atoms with Gasteiger partial charge in [0.05, 0.1) is 32.6 Å². The summed E-state index contributed by atoms with van der Waals surface area (Å²) in [6.07, 6.45) is -0.755. The number of hydrogen-bond acceptors (Lipinski definition) is 6. The van der Waals surface area contributed by atoms with Crippen LogP contribution >= 0.6 is 34.8 Å². The second kappa shape index (κ2) is 12.1. The van der Waals surface area contributed by atoms with Crippen LogP contribution in [0, 0.1) is 0 Å². The van der Waals surface area contributed by atoms with E-state index >= 15 is 0 Å². The molecule has 11 heteroatoms. The summed E-state index contributed by atoms with van der Waals surface area (Å²) in [5.74, 6) is 0.864. The summed E-state index contributed by atoms with van der Waals surface area (Å²) in [5.41, 5.74) is 2.10. The number of carbonyl (C=O) groups is 2. The average molecular weight is 560 g/mol. The number of nitrogens with zero attached hydrogens (tertiary/aromatic N) is 2. The molecular weight excluding hydrogens is 531 g/mol. The molecule has 1 aliphatic rings. The van der Waals surface area contributed by atoms with Crippen LogP contribution in [0.3, 0.4) is 0 Å². The number of rotatable bonds is 7. The van der Waals surface area contributed by atoms with Crippen LogP contribution in [-0.2, 0) is 16.0 Å². The number of amides is 2. The molecule has 36 heavy (non-hydrogen) atoms. The summed E-state index contributed by atoms with van der Waals surface area (Å²) in [4.78, 5) is 29.4. The Balaban J connectivity index is 2.10. The van der Waals surface area contributed by atoms with E-state index in [1.165, 1.54) is 19.1 Å². The van der Waals surface area contributed by atoms with Crippen molar-refractivity contribution in [3.05, 3.63) is 53.6 Å². The van der Waals surface area contributed by atoms with Gasteiger partial charge in [0.2, 0.25) is 3.79 Å². The fraction of sp³-hybridized carbons (Fsp3) is 0.440. The van der Waals surface area contributed by atoms with E-state index in [2.05, 4.69) is 0 Å². The highest BCUT2D eigenvalue weighted by molar-refractivity contribution is 6.67. The van der Waals surface area contributed by atoms with Gasteiger partial charge in [0.15, 0.2) is 11.5 Å². The van der Waals surface area contributed by atoms with Crippen LogP contribution in [0.4, 0.5) is 15.3 Å². The zero-order chi connectivity index (χ0) is 26.5. The molecule has 0 aromatic heterocycles. The van der Waals surface area contributed by atoms with E-state index in [1.807, 2.05) is 37.3 Å². The Morgan fingerprint density at radius 1 is 1.06 bits per heavy atom. The highest BCUT2D eigenvalue weighted by Gasteiger charge is 2.41. The molecule has 0 bridgehead atoms. The minimum Gasteiger partial charge on any atom is -0.493 e. The Hall–Kier alpha value is -2.55. The number of hydrogen-bond donors (Lipinski definition) is 0. The number of ether oxygens (including phenoxy) is 4. The van der Waals surface area contributed by atoms with Crippen molar-refractivity contribution in [2.24, 2.45) is 0 Å². The lowest BCUT2D eigenvalue weighted by molar-refractivity contribution is 0.0808. The van der Waals surface area contributed by atoms with E-state index in [1.54, 1.807) is 24.0 Å². The van der Waals surface area contributed by atoms with E-state index in [0.29, 0.717) is 35.7 Å². The number of benzene rings is 2. The zero-order valence-electron chi connectivity index (χ0n) is 20.5. The molecule has 2 atom stereocenters. The third kappa shape index (κ3) is 6.60. The Kier molecular flexibility index (Phi) is 9.44. The van der Waals surface area contributed by atoms with Crippen molar-refractivity contribution in [1.82, 2.24) is 4.90 Å². The first kappa shape index (κ1) is 28.0. The molecule has 196 valence electrons. The van der Waals surface area contributed by atoms with Crippen LogP contribution in [0.2, 0.25) is 0 Å². The first-order valence-electron chi connectivity index (χ1n) is 11.4. The normalized spacial score (nSPS) is 17.1. The second-order valence-corrected chi connectivity index (χ2v) is 10.7. The monoisotopic (exact) mass is 558 g/mol. The van der Waals surface area contributed by atoms with Crippen molar-refractivity contribution in [2.45, 2.75) is 42.7 Å². The van der Waals surface area contributed by atoms with Crippen LogP contribution in [0.25, 0.3) is 0 Å². The minimum absolute atomic E-state index is 0.223. The largest absolute Gasteiger partial charge is 0.493 e. The predicted molar refractivity (Wildman–Crippen MR) is 139 cm³/mol. The first-order valence-corrected chi connectivity index (χ1v) is 12.5. The molecule has 0 N–H and O–H groups in total. The minimum atomic E-state index is -1.76. The summed E-state index contributed by atoms with van der Waals surface area (Å²) in [5, 5.41) is 0. The van der Waals surface area contributed by atoms with Crippen molar-refractivity contribution in [3.8, 4) is 11.5 Å². The van der Waals surface area contributed by atoms with Crippen LogP contribution < -0.4 is 14.4 Å². The van der Waals surface area contributed by atoms with Gasteiger partial charge >= 0.3 is 12.2 Å². The average Bonchev–Trinajstić information content (AvgIpc) is 2.85. The lowest BCUT2D eigenvalue weighted by Gasteiger charge is -2.43. The molecule has 3 rings (SSSR count). The van der Waals surface area contributed by atoms with Crippen molar-refractivity contribution in [3.63, 3.8) is 0 Å². The summed E-state index contributed by atoms with van der Waals surface area (Å²) >= 11 is 17.4. The number of methoxy groups -OCH3 is 2. The first-order chi connectivity index (χ1) is 17.1. The molecule has 2 amide bonds. The van der Waals surface area contributed by atoms with Gasteiger partial charge in [-0.25, -0.2) is 9.59 Å². The lowest BCUT2D eigenvalue weighted by atomic mass is 9.90. The number of anilines is 1. The number of carbonyl (C=O) groups excluding carboxylic acids is 2. The Morgan fingerprint density at radius 2 is 1.69 bits per heavy atom. The van der Waals surface area contributed by atoms with Gasteiger partial charge < -0.3 is 18.9 Å². The molecule has 1 aliphatic heterocycles. The summed E-state index contributed by atoms with van der Waals surface area (Å²) in [7, 11) is 3.02. The third-order valence-electron chi connectivity index (χ3n) is 5.79. The van der Waals surface area contributed by atoms with Gasteiger partial charge in [0, 0.05) is 24.2 Å². The van der Waals surface area contributed by atoms with Crippen molar-refractivity contribution in [2.75, 3.05) is 32.3 Å². The highest BCUT2D eigenvalue weighted by Crippen LogP contribution is 2.46. The highest BCUT2D eigenvalue weighted by atomic mass is 35.6. The van der Waals surface area contributed by atoms with E-state index in [9.17, 15) is 9.59 Å². The maximum atomic E-state index is 13.2. The van der Waals surface area contributed by atoms with E-state index in [-0.39, 0.29) is 12.6 Å². The fourth-order valence-electron chi connectivity index (χ4n) is 4.23. The Labute approximate surface area is 225 Å². The number of alkyl halides is 3. The molecule has 0 saturated carbocycles. The predicted octanol–water partition coefficient (Wildman–Crippen LogP) is 6.51. The molecule has 2 aromatic rings. The van der Waals surface area contributed by atoms with E-state index < -0.39 is 28.6 Å². The van der Waals surface area contributed by atoms with Crippen LogP contribution in [0.1, 0.15) is 37.4 Å². The summed E-state index contributed by atoms with van der Waals surface area (Å²) in [6.45, 7) is 3.72. The summed E-state index contributed by atoms with van der Waals surface area (Å²) in [6, 6.07) is 12.2. The second-order valence-electron chi connectivity index (χ2n) is 8.22. The maximum absolute atomic E-state index is 13.2. The van der Waals surface area contributed by atoms with Gasteiger partial charge in [-0.05, 0) is 31.9 Å². The zero-order valence-corrected chi connectivity index (χ0v) is 22.8. The van der Waals surface area contributed by atoms with E-state index in [4.69, 9.17) is 53.8 Å². The van der Waals surface area contributed by atoms with Gasteiger partial charge in [-0.3, -0.25) is 9.80 Å². The van der Waals surface area contributed by atoms with Crippen molar-refractivity contribution in [1.29, 1.82) is 0 Å². The van der Waals surface area contributed by atoms with Crippen LogP contribution in [0.15, 0.2) is 42.5 Å². The fourth-order valence-corrected chi connectivity index (χ4v) is 4.39. The topological polar surface area (TPSA) is 77.5 Å². The third-order valence-corrected chi connectivity index (χ3v) is 6.11. The number of halogens is 3. The molecule has 8 nitrogen and oxygen atoms in total. The quantitative estimate of drug-likeness (QED) is 0.360. The molecule has 1 heterocycles. The maximum Gasteiger partial charge on any atom is 0.414 e. The molecular formula is C25H29Cl3N2O6. The molecule has 0 radical (unpaired) electrons. The number of fused-ring (bicyclic) bond motifs is 1. The molecule has 0 saturated heterocycles. The van der Waals surface area contributed by atoms with Crippen molar-refractivity contribution >= 4 is 52.7 Å². The smallest absolute Gasteiger partial charge is 0.414 e. The molecule has 0 spiro atoms. The standard InChI is InChI=1S/C25H29Cl3N2O6/c1-5-35-23(31)29(14-17-9-7-6-8-10-17)19-11-16(2)30(24(32)36-15-25(26,27)28)20-13-22(34-4)21(33-3)12-18(19)20/h6-10,12-13,16,19H,5,11,14-15H2,1-4H3. The van der Waals surface area contributed by atoms with Gasteiger partial charge in [0.25, 0.3) is 0 Å². The van der Waals surface area contributed by atoms with E-state index in [0.717, 1.165) is 5.56 Å². The van der Waals surface area contributed by atoms with Gasteiger partial charge in [-0.15, -0.1) is 0 Å². The summed E-state index contributed by atoms with van der Waals surface area (Å²) < 4.78 is 20.0. The Morgan fingerprint density at radius 3 is 2.28 bits per heavy atom. The molecule has 0 fully saturated rings. The molecule has 2 aromatic carbocycles. The lowest BCUT2D eigenvalue weighted by Crippen LogP contribution is -2.48.